The highest BCUT2D eigenvalue weighted by Gasteiger charge is 2.47. The summed E-state index contributed by atoms with van der Waals surface area (Å²) in [4.78, 5) is 26.6. The van der Waals surface area contributed by atoms with Crippen LogP contribution in [0.25, 0.3) is 0 Å². The molecule has 1 heterocycles. The first kappa shape index (κ1) is 74.4. The fraction of sp³-hybridized carbons (Fsp3) is 0.824. The van der Waals surface area contributed by atoms with Gasteiger partial charge < -0.3 is 45.1 Å². The summed E-state index contributed by atoms with van der Waals surface area (Å²) in [5.41, 5.74) is 0. The summed E-state index contributed by atoms with van der Waals surface area (Å²) in [5, 5.41) is 57.0. The van der Waals surface area contributed by atoms with Gasteiger partial charge in [0.25, 0.3) is 0 Å². The van der Waals surface area contributed by atoms with Crippen molar-refractivity contribution in [2.45, 2.75) is 346 Å². The van der Waals surface area contributed by atoms with Gasteiger partial charge in [-0.1, -0.05) is 268 Å². The van der Waals surface area contributed by atoms with Crippen LogP contribution < -0.4 is 5.32 Å². The topological polar surface area (TPSA) is 175 Å². The van der Waals surface area contributed by atoms with Crippen LogP contribution in [0.3, 0.4) is 0 Å². The average Bonchev–Trinajstić information content (AvgIpc) is 3.49. The Bertz CT molecular complexity index is 1510. The van der Waals surface area contributed by atoms with Crippen LogP contribution in [0.15, 0.2) is 60.8 Å². The van der Waals surface area contributed by atoms with Crippen molar-refractivity contribution in [3.8, 4) is 0 Å². The lowest BCUT2D eigenvalue weighted by Gasteiger charge is -2.41. The molecule has 0 aliphatic carbocycles. The maximum atomic E-state index is 13.5. The van der Waals surface area contributed by atoms with E-state index in [0.717, 1.165) is 83.5 Å². The second kappa shape index (κ2) is 55.9. The fourth-order valence-electron chi connectivity index (χ4n) is 10.2. The van der Waals surface area contributed by atoms with Gasteiger partial charge in [-0.3, -0.25) is 9.59 Å². The van der Waals surface area contributed by atoms with Gasteiger partial charge in [0.2, 0.25) is 5.91 Å². The molecule has 0 saturated carbocycles. The van der Waals surface area contributed by atoms with Crippen molar-refractivity contribution in [2.75, 3.05) is 13.2 Å². The molecule has 0 aromatic heterocycles. The van der Waals surface area contributed by atoms with E-state index in [9.17, 15) is 35.1 Å². The molecule has 79 heavy (non-hydrogen) atoms. The van der Waals surface area contributed by atoms with Crippen LogP contribution in [0.1, 0.15) is 297 Å². The van der Waals surface area contributed by atoms with Crippen LogP contribution >= 0.6 is 0 Å². The molecular formula is C68H123NO10. The molecule has 1 fully saturated rings. The van der Waals surface area contributed by atoms with Crippen molar-refractivity contribution in [3.63, 3.8) is 0 Å². The summed E-state index contributed by atoms with van der Waals surface area (Å²) in [6.07, 6.45) is 59.9. The van der Waals surface area contributed by atoms with Crippen LogP contribution in [0, 0.1) is 0 Å². The molecule has 6 N–H and O–H groups in total. The maximum Gasteiger partial charge on any atom is 0.306 e. The molecule has 0 radical (unpaired) electrons. The van der Waals surface area contributed by atoms with Gasteiger partial charge in [0.15, 0.2) is 12.4 Å². The number of aliphatic hydroxyl groups is 5. The van der Waals surface area contributed by atoms with E-state index in [2.05, 4.69) is 74.7 Å². The van der Waals surface area contributed by atoms with E-state index in [-0.39, 0.29) is 13.0 Å². The van der Waals surface area contributed by atoms with Crippen LogP contribution in [0.5, 0.6) is 0 Å². The van der Waals surface area contributed by atoms with E-state index < -0.39 is 67.4 Å². The molecule has 1 saturated heterocycles. The van der Waals surface area contributed by atoms with Crippen molar-refractivity contribution in [3.05, 3.63) is 60.8 Å². The minimum absolute atomic E-state index is 0.0973. The van der Waals surface area contributed by atoms with Gasteiger partial charge in [0, 0.05) is 6.42 Å². The molecule has 11 nitrogen and oxygen atoms in total. The first-order chi connectivity index (χ1) is 38.7. The lowest BCUT2D eigenvalue weighted by Crippen LogP contribution is -2.61. The summed E-state index contributed by atoms with van der Waals surface area (Å²) in [6.45, 7) is 5.68. The van der Waals surface area contributed by atoms with E-state index in [1.165, 1.54) is 167 Å². The molecule has 1 rings (SSSR count). The average molecular weight is 1110 g/mol. The van der Waals surface area contributed by atoms with Gasteiger partial charge in [0.05, 0.1) is 25.4 Å². The number of hydrogen-bond acceptors (Lipinski definition) is 10. The number of esters is 1. The molecule has 0 aromatic carbocycles. The minimum atomic E-state index is -1.62. The van der Waals surface area contributed by atoms with E-state index >= 15 is 0 Å². The Morgan fingerprint density at radius 3 is 1.38 bits per heavy atom. The predicted octanol–water partition coefficient (Wildman–Crippen LogP) is 16.2. The predicted molar refractivity (Wildman–Crippen MR) is 329 cm³/mol. The SMILES string of the molecule is CC/C=C/C/C=C/C/C=C/CCCCCCC(=O)OC1C(OCC(NC(=O)C(O)CCCCCCCCCCCCCCCC/C=C/CCCCCCCC)C(O)/C=C/CCCCCCCCCCCC)OC(CO)C(O)C1O. The number of carbonyl (C=O) groups is 2. The van der Waals surface area contributed by atoms with E-state index in [1.807, 2.05) is 6.08 Å². The first-order valence-electron chi connectivity index (χ1n) is 33.1. The summed E-state index contributed by atoms with van der Waals surface area (Å²) in [6, 6.07) is -1.03. The van der Waals surface area contributed by atoms with Crippen molar-refractivity contribution in [2.24, 2.45) is 0 Å². The Labute approximate surface area is 484 Å². The van der Waals surface area contributed by atoms with Crippen LogP contribution in [-0.4, -0.2) is 99.6 Å². The van der Waals surface area contributed by atoms with Crippen LogP contribution in [-0.2, 0) is 23.8 Å². The van der Waals surface area contributed by atoms with E-state index in [4.69, 9.17) is 14.2 Å². The number of nitrogens with one attached hydrogen (secondary N) is 1. The molecule has 1 aliphatic rings. The van der Waals surface area contributed by atoms with Gasteiger partial charge in [0.1, 0.15) is 24.4 Å². The van der Waals surface area contributed by atoms with E-state index in [0.29, 0.717) is 19.3 Å². The number of allylic oxidation sites excluding steroid dienone is 9. The number of amides is 1. The highest BCUT2D eigenvalue weighted by Crippen LogP contribution is 2.26. The normalized spacial score (nSPS) is 19.2. The molecule has 8 atom stereocenters. The third kappa shape index (κ3) is 43.7. The second-order valence-corrected chi connectivity index (χ2v) is 22.8. The van der Waals surface area contributed by atoms with Gasteiger partial charge in [-0.2, -0.15) is 0 Å². The molecule has 0 spiro atoms. The molecule has 1 amide bonds. The molecule has 0 bridgehead atoms. The summed E-state index contributed by atoms with van der Waals surface area (Å²) >= 11 is 0. The zero-order valence-electron chi connectivity index (χ0n) is 51.0. The smallest absolute Gasteiger partial charge is 0.306 e. The molecule has 11 heteroatoms. The number of aliphatic hydroxyl groups excluding tert-OH is 5. The molecule has 8 unspecified atom stereocenters. The highest BCUT2D eigenvalue weighted by atomic mass is 16.7. The van der Waals surface area contributed by atoms with E-state index in [1.54, 1.807) is 6.08 Å². The van der Waals surface area contributed by atoms with Crippen molar-refractivity contribution >= 4 is 11.9 Å². The fourth-order valence-corrected chi connectivity index (χ4v) is 10.2. The van der Waals surface area contributed by atoms with Gasteiger partial charge in [-0.05, 0) is 83.5 Å². The lowest BCUT2D eigenvalue weighted by atomic mass is 9.99. The number of ether oxygens (including phenoxy) is 3. The Balaban J connectivity index is 2.60. The number of unbranched alkanes of at least 4 members (excludes halogenated alkanes) is 34. The zero-order chi connectivity index (χ0) is 57.5. The maximum absolute atomic E-state index is 13.5. The summed E-state index contributed by atoms with van der Waals surface area (Å²) in [7, 11) is 0. The Kier molecular flexibility index (Phi) is 52.6. The van der Waals surface area contributed by atoms with Gasteiger partial charge >= 0.3 is 5.97 Å². The van der Waals surface area contributed by atoms with Crippen LogP contribution in [0.2, 0.25) is 0 Å². The number of hydrogen-bond donors (Lipinski definition) is 6. The summed E-state index contributed by atoms with van der Waals surface area (Å²) < 4.78 is 17.6. The largest absolute Gasteiger partial charge is 0.454 e. The Morgan fingerprint density at radius 2 is 0.911 bits per heavy atom. The highest BCUT2D eigenvalue weighted by molar-refractivity contribution is 5.80. The van der Waals surface area contributed by atoms with Crippen molar-refractivity contribution in [1.82, 2.24) is 5.32 Å². The van der Waals surface area contributed by atoms with Gasteiger partial charge in [-0.25, -0.2) is 0 Å². The zero-order valence-corrected chi connectivity index (χ0v) is 51.0. The first-order valence-corrected chi connectivity index (χ1v) is 33.1. The Morgan fingerprint density at radius 1 is 0.506 bits per heavy atom. The number of rotatable bonds is 56. The number of carbonyl (C=O) groups excluding carboxylic acids is 2. The minimum Gasteiger partial charge on any atom is -0.454 e. The molecule has 460 valence electrons. The third-order valence-electron chi connectivity index (χ3n) is 15.4. The second-order valence-electron chi connectivity index (χ2n) is 22.8. The van der Waals surface area contributed by atoms with Crippen molar-refractivity contribution in [1.29, 1.82) is 0 Å². The third-order valence-corrected chi connectivity index (χ3v) is 15.4. The molecule has 0 aromatic rings. The molecular weight excluding hydrogens is 991 g/mol. The van der Waals surface area contributed by atoms with Crippen molar-refractivity contribution < 1.29 is 49.3 Å². The Hall–Kier alpha value is -2.64. The quantitative estimate of drug-likeness (QED) is 0.0195. The van der Waals surface area contributed by atoms with Gasteiger partial charge in [-0.15, -0.1) is 0 Å². The summed E-state index contributed by atoms with van der Waals surface area (Å²) in [5.74, 6) is -1.21. The molecule has 1 aliphatic heterocycles. The lowest BCUT2D eigenvalue weighted by molar-refractivity contribution is -0.305. The van der Waals surface area contributed by atoms with Crippen LogP contribution in [0.4, 0.5) is 0 Å². The monoisotopic (exact) mass is 1110 g/mol. The standard InChI is InChI=1S/C68H123NO10/c1-4-7-10-13-16-19-22-25-27-28-29-30-31-32-33-34-35-36-37-40-43-46-49-52-55-61(72)67(76)69-59(60(71)54-51-48-45-42-39-24-21-18-15-12-9-6-3)58-77-68-66(65(75)64(74)62(57-70)78-68)79-63(73)56-53-50-47-44-41-38-26-23-20-17-14-11-8-5-2/h8,11,17,20,25-27,38,51,54,59-62,64-66,68,70-72,74-75H,4-7,9-10,12-16,18-19,21-24,28-37,39-50,52-53,55-58H2,1-3H3,(H,69,76)/b11-8+,20-17+,27-25+,38-26+,54-51+.